The lowest BCUT2D eigenvalue weighted by Crippen LogP contribution is -2.38. The Balaban J connectivity index is 1.97. The first-order valence-electron chi connectivity index (χ1n) is 5.73. The van der Waals surface area contributed by atoms with Gasteiger partial charge in [0, 0.05) is 19.0 Å². The third-order valence-corrected chi connectivity index (χ3v) is 2.54. The molecule has 4 heteroatoms. The fourth-order valence-corrected chi connectivity index (χ4v) is 1.40. The van der Waals surface area contributed by atoms with Crippen molar-refractivity contribution in [3.05, 3.63) is 0 Å². The van der Waals surface area contributed by atoms with Crippen molar-refractivity contribution < 1.29 is 9.53 Å². The standard InChI is InChI=1S/C11H22N2O2/c1-8(2)15-6-5-11(14)13-7-10(12)9-3-4-9/h8-10H,3-7,12H2,1-2H3,(H,13,14). The van der Waals surface area contributed by atoms with Gasteiger partial charge in [-0.15, -0.1) is 0 Å². The van der Waals surface area contributed by atoms with Gasteiger partial charge in [0.05, 0.1) is 12.7 Å². The molecule has 1 saturated carbocycles. The Labute approximate surface area is 91.5 Å². The molecule has 1 fully saturated rings. The van der Waals surface area contributed by atoms with E-state index in [9.17, 15) is 4.79 Å². The zero-order chi connectivity index (χ0) is 11.3. The molecule has 0 spiro atoms. The van der Waals surface area contributed by atoms with Gasteiger partial charge in [0.1, 0.15) is 0 Å². The van der Waals surface area contributed by atoms with Gasteiger partial charge in [0.25, 0.3) is 0 Å². The molecule has 0 aliphatic heterocycles. The fourth-order valence-electron chi connectivity index (χ4n) is 1.40. The third-order valence-electron chi connectivity index (χ3n) is 2.54. The summed E-state index contributed by atoms with van der Waals surface area (Å²) in [7, 11) is 0. The number of hydrogen-bond acceptors (Lipinski definition) is 3. The SMILES string of the molecule is CC(C)OCCC(=O)NCC(N)C1CC1. The van der Waals surface area contributed by atoms with E-state index in [2.05, 4.69) is 5.32 Å². The minimum Gasteiger partial charge on any atom is -0.378 e. The smallest absolute Gasteiger partial charge is 0.222 e. The minimum absolute atomic E-state index is 0.0340. The summed E-state index contributed by atoms with van der Waals surface area (Å²) < 4.78 is 5.29. The molecule has 1 atom stereocenters. The van der Waals surface area contributed by atoms with Crippen LogP contribution in [0.4, 0.5) is 0 Å². The highest BCUT2D eigenvalue weighted by molar-refractivity contribution is 5.75. The molecule has 1 rings (SSSR count). The lowest BCUT2D eigenvalue weighted by Gasteiger charge is -2.12. The number of amides is 1. The molecule has 0 heterocycles. The van der Waals surface area contributed by atoms with E-state index in [0.29, 0.717) is 25.5 Å². The molecule has 0 saturated heterocycles. The monoisotopic (exact) mass is 214 g/mol. The molecule has 88 valence electrons. The van der Waals surface area contributed by atoms with Crippen molar-refractivity contribution in [2.45, 2.75) is 45.3 Å². The normalized spacial score (nSPS) is 17.9. The molecule has 1 aliphatic rings. The van der Waals surface area contributed by atoms with Gasteiger partial charge in [-0.3, -0.25) is 4.79 Å². The molecule has 0 aromatic carbocycles. The summed E-state index contributed by atoms with van der Waals surface area (Å²) in [5.41, 5.74) is 5.86. The number of ether oxygens (including phenoxy) is 1. The number of nitrogens with two attached hydrogens (primary N) is 1. The van der Waals surface area contributed by atoms with Gasteiger partial charge < -0.3 is 15.8 Å². The molecule has 3 N–H and O–H groups in total. The first-order chi connectivity index (χ1) is 7.09. The Morgan fingerprint density at radius 2 is 2.20 bits per heavy atom. The van der Waals surface area contributed by atoms with E-state index in [-0.39, 0.29) is 18.1 Å². The van der Waals surface area contributed by atoms with Crippen LogP contribution in [-0.2, 0) is 9.53 Å². The second-order valence-corrected chi connectivity index (χ2v) is 4.47. The molecule has 1 unspecified atom stereocenters. The summed E-state index contributed by atoms with van der Waals surface area (Å²) in [5, 5.41) is 2.83. The van der Waals surface area contributed by atoms with Gasteiger partial charge in [0.15, 0.2) is 0 Å². The number of hydrogen-bond donors (Lipinski definition) is 2. The summed E-state index contributed by atoms with van der Waals surface area (Å²) in [4.78, 5) is 11.3. The highest BCUT2D eigenvalue weighted by atomic mass is 16.5. The lowest BCUT2D eigenvalue weighted by atomic mass is 10.2. The van der Waals surface area contributed by atoms with E-state index in [1.54, 1.807) is 0 Å². The van der Waals surface area contributed by atoms with Crippen molar-refractivity contribution in [2.24, 2.45) is 11.7 Å². The Morgan fingerprint density at radius 1 is 1.53 bits per heavy atom. The van der Waals surface area contributed by atoms with Crippen LogP contribution in [0.25, 0.3) is 0 Å². The summed E-state index contributed by atoms with van der Waals surface area (Å²) >= 11 is 0. The largest absolute Gasteiger partial charge is 0.378 e. The van der Waals surface area contributed by atoms with Crippen molar-refractivity contribution in [1.29, 1.82) is 0 Å². The second kappa shape index (κ2) is 6.08. The van der Waals surface area contributed by atoms with Crippen LogP contribution in [0.3, 0.4) is 0 Å². The molecule has 0 bridgehead atoms. The van der Waals surface area contributed by atoms with Gasteiger partial charge in [-0.1, -0.05) is 0 Å². The highest BCUT2D eigenvalue weighted by Gasteiger charge is 2.28. The second-order valence-electron chi connectivity index (χ2n) is 4.47. The van der Waals surface area contributed by atoms with Crippen LogP contribution in [0, 0.1) is 5.92 Å². The number of rotatable bonds is 7. The van der Waals surface area contributed by atoms with E-state index >= 15 is 0 Å². The van der Waals surface area contributed by atoms with Gasteiger partial charge in [-0.2, -0.15) is 0 Å². The zero-order valence-corrected chi connectivity index (χ0v) is 9.66. The van der Waals surface area contributed by atoms with Crippen molar-refractivity contribution >= 4 is 5.91 Å². The van der Waals surface area contributed by atoms with Crippen LogP contribution >= 0.6 is 0 Å². The number of nitrogens with one attached hydrogen (secondary N) is 1. The quantitative estimate of drug-likeness (QED) is 0.654. The third kappa shape index (κ3) is 5.74. The summed E-state index contributed by atoms with van der Waals surface area (Å²) in [6.45, 7) is 5.01. The van der Waals surface area contributed by atoms with Gasteiger partial charge in [-0.25, -0.2) is 0 Å². The maximum Gasteiger partial charge on any atom is 0.222 e. The molecule has 0 aromatic rings. The maximum absolute atomic E-state index is 11.3. The van der Waals surface area contributed by atoms with Crippen LogP contribution in [0.5, 0.6) is 0 Å². The molecule has 1 amide bonds. The summed E-state index contributed by atoms with van der Waals surface area (Å²) in [6.07, 6.45) is 3.04. The minimum atomic E-state index is 0.0340. The molecule has 0 aromatic heterocycles. The number of carbonyl (C=O) groups is 1. The van der Waals surface area contributed by atoms with E-state index in [0.717, 1.165) is 0 Å². The molecule has 0 radical (unpaired) electrons. The lowest BCUT2D eigenvalue weighted by molar-refractivity contribution is -0.122. The first kappa shape index (κ1) is 12.5. The molecular weight excluding hydrogens is 192 g/mol. The fraction of sp³-hybridized carbons (Fsp3) is 0.909. The Kier molecular flexibility index (Phi) is 5.05. The van der Waals surface area contributed by atoms with E-state index in [1.165, 1.54) is 12.8 Å². The van der Waals surface area contributed by atoms with Crippen molar-refractivity contribution in [3.8, 4) is 0 Å². The first-order valence-corrected chi connectivity index (χ1v) is 5.73. The van der Waals surface area contributed by atoms with Crippen molar-refractivity contribution in [3.63, 3.8) is 0 Å². The Morgan fingerprint density at radius 3 is 2.73 bits per heavy atom. The maximum atomic E-state index is 11.3. The molecule has 1 aliphatic carbocycles. The van der Waals surface area contributed by atoms with Crippen LogP contribution in [-0.4, -0.2) is 31.2 Å². The summed E-state index contributed by atoms with van der Waals surface area (Å²) in [6, 6.07) is 0.139. The van der Waals surface area contributed by atoms with Crippen LogP contribution in [0.15, 0.2) is 0 Å². The van der Waals surface area contributed by atoms with Crippen LogP contribution in [0.1, 0.15) is 33.1 Å². The predicted octanol–water partition coefficient (Wildman–Crippen LogP) is 0.655. The van der Waals surface area contributed by atoms with Gasteiger partial charge >= 0.3 is 0 Å². The van der Waals surface area contributed by atoms with Crippen molar-refractivity contribution in [1.82, 2.24) is 5.32 Å². The predicted molar refractivity (Wildman–Crippen MR) is 59.4 cm³/mol. The van der Waals surface area contributed by atoms with Gasteiger partial charge in [-0.05, 0) is 32.6 Å². The Bertz CT molecular complexity index is 203. The topological polar surface area (TPSA) is 64.3 Å². The zero-order valence-electron chi connectivity index (χ0n) is 9.66. The average molecular weight is 214 g/mol. The van der Waals surface area contributed by atoms with E-state index in [1.807, 2.05) is 13.8 Å². The van der Waals surface area contributed by atoms with Crippen LogP contribution in [0.2, 0.25) is 0 Å². The molecular formula is C11H22N2O2. The number of carbonyl (C=O) groups excluding carboxylic acids is 1. The molecule has 4 nitrogen and oxygen atoms in total. The summed E-state index contributed by atoms with van der Waals surface area (Å²) in [5.74, 6) is 0.670. The van der Waals surface area contributed by atoms with E-state index < -0.39 is 0 Å². The average Bonchev–Trinajstić information content (AvgIpc) is 2.96. The van der Waals surface area contributed by atoms with Crippen LogP contribution < -0.4 is 11.1 Å². The van der Waals surface area contributed by atoms with Crippen molar-refractivity contribution in [2.75, 3.05) is 13.2 Å². The van der Waals surface area contributed by atoms with Gasteiger partial charge in [0.2, 0.25) is 5.91 Å². The highest BCUT2D eigenvalue weighted by Crippen LogP contribution is 2.31. The molecule has 15 heavy (non-hydrogen) atoms. The van der Waals surface area contributed by atoms with E-state index in [4.69, 9.17) is 10.5 Å². The Hall–Kier alpha value is -0.610.